The van der Waals surface area contributed by atoms with E-state index in [4.69, 9.17) is 0 Å². The maximum atomic E-state index is 2.38. The molecule has 50 heavy (non-hydrogen) atoms. The molecule has 0 heterocycles. The smallest absolute Gasteiger partial charge is 0.0132 e. The lowest BCUT2D eigenvalue weighted by Crippen LogP contribution is -2.20. The van der Waals surface area contributed by atoms with Crippen LogP contribution in [0, 0.1) is 16.2 Å². The van der Waals surface area contributed by atoms with Gasteiger partial charge < -0.3 is 0 Å². The summed E-state index contributed by atoms with van der Waals surface area (Å²) in [6, 6.07) is 16.2. The average molecular weight is 695 g/mol. The van der Waals surface area contributed by atoms with Gasteiger partial charge in [-0.25, -0.2) is 0 Å². The maximum Gasteiger partial charge on any atom is -0.0132 e. The Morgan fingerprint density at radius 1 is 0.320 bits per heavy atom. The van der Waals surface area contributed by atoms with Crippen LogP contribution in [0.15, 0.2) is 42.5 Å². The molecule has 0 nitrogen and oxygen atoms in total. The largest absolute Gasteiger partial charge is 0.0654 e. The molecule has 0 heteroatoms. The molecular formula is C50H94. The molecule has 0 saturated heterocycles. The summed E-state index contributed by atoms with van der Waals surface area (Å²) in [7, 11) is 0. The van der Waals surface area contributed by atoms with Crippen LogP contribution < -0.4 is 0 Å². The van der Waals surface area contributed by atoms with Gasteiger partial charge >= 0.3 is 0 Å². The minimum atomic E-state index is 0.210. The normalized spacial score (nSPS) is 12.9. The highest BCUT2D eigenvalue weighted by Crippen LogP contribution is 2.34. The summed E-state index contributed by atoms with van der Waals surface area (Å²) in [5.74, 6) is 0. The number of hydrogen-bond acceptors (Lipinski definition) is 0. The molecule has 0 atom stereocenters. The van der Waals surface area contributed by atoms with Gasteiger partial charge in [-0.15, -0.1) is 0 Å². The fraction of sp³-hybridized carbons (Fsp3) is 0.760. The Hall–Kier alpha value is -1.56. The van der Waals surface area contributed by atoms with Gasteiger partial charge in [0, 0.05) is 0 Å². The Kier molecular flexibility index (Phi) is 21.2. The van der Waals surface area contributed by atoms with Crippen molar-refractivity contribution in [2.45, 2.75) is 233 Å². The standard InChI is InChI=1S/C18H30.C14H22.C7H16.C6H14.C5H12/c1-16(2,3)13-10-14(17(4,5)6)12-15(11-13)18(7,8)9;1-13(2,3)11-7-9-12(10-8-11)14(4,5)6;1-5-6-7(2,3)4;1-5-6(2,3)4;1-5(2,3)4/h10-12H,1-9H3;7-10H,1-6H3;5-6H2,1-4H3;5H2,1-4H3;1-4H3. The molecule has 0 saturated carbocycles. The molecule has 2 aromatic rings. The second kappa shape index (κ2) is 20.0. The Morgan fingerprint density at radius 2 is 0.500 bits per heavy atom. The van der Waals surface area contributed by atoms with E-state index >= 15 is 0 Å². The minimum Gasteiger partial charge on any atom is -0.0654 e. The number of hydrogen-bond donors (Lipinski definition) is 0. The van der Waals surface area contributed by atoms with Crippen molar-refractivity contribution in [3.8, 4) is 0 Å². The van der Waals surface area contributed by atoms with E-state index in [-0.39, 0.29) is 27.1 Å². The molecule has 0 spiro atoms. The predicted molar refractivity (Wildman–Crippen MR) is 236 cm³/mol. The molecule has 0 N–H and O–H groups in total. The summed E-state index contributed by atoms with van der Waals surface area (Å²) in [5, 5.41) is 0. The second-order valence-electron chi connectivity index (χ2n) is 23.9. The molecule has 0 aromatic heterocycles. The van der Waals surface area contributed by atoms with Crippen molar-refractivity contribution < 1.29 is 0 Å². The van der Waals surface area contributed by atoms with Crippen LogP contribution >= 0.6 is 0 Å². The van der Waals surface area contributed by atoms with E-state index in [1.54, 1.807) is 0 Å². The topological polar surface area (TPSA) is 0 Å². The third kappa shape index (κ3) is 29.1. The fourth-order valence-electron chi connectivity index (χ4n) is 4.15. The van der Waals surface area contributed by atoms with Crippen molar-refractivity contribution >= 4 is 0 Å². The lowest BCUT2D eigenvalue weighted by atomic mass is 9.76. The van der Waals surface area contributed by atoms with Gasteiger partial charge in [0.25, 0.3) is 0 Å². The van der Waals surface area contributed by atoms with E-state index in [1.165, 1.54) is 47.1 Å². The van der Waals surface area contributed by atoms with E-state index in [9.17, 15) is 0 Å². The minimum absolute atomic E-state index is 0.210. The summed E-state index contributed by atoms with van der Waals surface area (Å²) >= 11 is 0. The SMILES string of the molecule is CC(C)(C)C.CC(C)(C)c1cc(C(C)(C)C)cc(C(C)(C)C)c1.CC(C)(C)c1ccc(C(C)(C)C)cc1.CCC(C)(C)C.CCCC(C)(C)C. The van der Waals surface area contributed by atoms with Crippen LogP contribution in [0.4, 0.5) is 0 Å². The van der Waals surface area contributed by atoms with Crippen LogP contribution in [0.5, 0.6) is 0 Å². The van der Waals surface area contributed by atoms with Crippen molar-refractivity contribution in [1.82, 2.24) is 0 Å². The highest BCUT2D eigenvalue weighted by atomic mass is 14.3. The van der Waals surface area contributed by atoms with Gasteiger partial charge in [0.15, 0.2) is 0 Å². The first-order valence-corrected chi connectivity index (χ1v) is 19.9. The Labute approximate surface area is 318 Å². The number of benzene rings is 2. The molecule has 0 aliphatic rings. The molecule has 0 amide bonds. The molecular weight excluding hydrogens is 601 g/mol. The summed E-state index contributed by atoms with van der Waals surface area (Å²) < 4.78 is 0. The van der Waals surface area contributed by atoms with E-state index in [0.29, 0.717) is 16.2 Å². The van der Waals surface area contributed by atoms with Crippen molar-refractivity contribution in [1.29, 1.82) is 0 Å². The van der Waals surface area contributed by atoms with E-state index in [2.05, 4.69) is 229 Å². The van der Waals surface area contributed by atoms with Gasteiger partial charge in [-0.3, -0.25) is 0 Å². The molecule has 0 aliphatic carbocycles. The van der Waals surface area contributed by atoms with Gasteiger partial charge in [0.2, 0.25) is 0 Å². The molecule has 2 aromatic carbocycles. The van der Waals surface area contributed by atoms with Gasteiger partial charge in [-0.1, -0.05) is 242 Å². The third-order valence-corrected chi connectivity index (χ3v) is 8.21. The average Bonchev–Trinajstić information content (AvgIpc) is 2.85. The molecule has 0 aliphatic heterocycles. The van der Waals surface area contributed by atoms with E-state index < -0.39 is 0 Å². The molecule has 0 bridgehead atoms. The quantitative estimate of drug-likeness (QED) is 0.279. The monoisotopic (exact) mass is 695 g/mol. The zero-order valence-corrected chi connectivity index (χ0v) is 39.7. The second-order valence-corrected chi connectivity index (χ2v) is 23.9. The van der Waals surface area contributed by atoms with Gasteiger partial charge in [-0.2, -0.15) is 0 Å². The van der Waals surface area contributed by atoms with Crippen LogP contribution in [-0.2, 0) is 27.1 Å². The summed E-state index contributed by atoms with van der Waals surface area (Å²) in [5.41, 5.74) is 9.89. The van der Waals surface area contributed by atoms with Gasteiger partial charge in [-0.05, 0) is 77.6 Å². The van der Waals surface area contributed by atoms with Gasteiger partial charge in [0.05, 0.1) is 0 Å². The zero-order chi connectivity index (χ0) is 41.0. The van der Waals surface area contributed by atoms with Crippen molar-refractivity contribution in [3.05, 3.63) is 70.3 Å². The highest BCUT2D eigenvalue weighted by molar-refractivity contribution is 5.40. The molecule has 294 valence electrons. The summed E-state index contributed by atoms with van der Waals surface area (Å²) in [6.07, 6.45) is 3.92. The molecule has 0 unspecified atom stereocenters. The van der Waals surface area contributed by atoms with Crippen LogP contribution in [0.3, 0.4) is 0 Å². The molecule has 2 rings (SSSR count). The van der Waals surface area contributed by atoms with E-state index in [0.717, 1.165) is 0 Å². The summed E-state index contributed by atoms with van der Waals surface area (Å²) in [6.45, 7) is 60.9. The first-order valence-electron chi connectivity index (χ1n) is 19.9. The van der Waals surface area contributed by atoms with Crippen LogP contribution in [0.1, 0.15) is 234 Å². The third-order valence-electron chi connectivity index (χ3n) is 8.21. The first-order chi connectivity index (χ1) is 21.6. The number of rotatable bonds is 1. The lowest BCUT2D eigenvalue weighted by Gasteiger charge is -2.29. The first kappa shape index (κ1) is 52.8. The maximum absolute atomic E-state index is 2.38. The van der Waals surface area contributed by atoms with Crippen LogP contribution in [0.25, 0.3) is 0 Å². The predicted octanol–water partition coefficient (Wildman–Crippen LogP) is 17.2. The summed E-state index contributed by atoms with van der Waals surface area (Å²) in [4.78, 5) is 0. The fourth-order valence-corrected chi connectivity index (χ4v) is 4.15. The molecule has 0 radical (unpaired) electrons. The van der Waals surface area contributed by atoms with Crippen molar-refractivity contribution in [2.75, 3.05) is 0 Å². The van der Waals surface area contributed by atoms with Crippen LogP contribution in [-0.4, -0.2) is 0 Å². The van der Waals surface area contributed by atoms with Crippen molar-refractivity contribution in [3.63, 3.8) is 0 Å². The zero-order valence-electron chi connectivity index (χ0n) is 39.7. The molecule has 0 fully saturated rings. The highest BCUT2D eigenvalue weighted by Gasteiger charge is 2.24. The lowest BCUT2D eigenvalue weighted by molar-refractivity contribution is 0.373. The van der Waals surface area contributed by atoms with Crippen LogP contribution in [0.2, 0.25) is 0 Å². The Balaban J connectivity index is -0.000000608. The van der Waals surface area contributed by atoms with E-state index in [1.807, 2.05) is 0 Å². The Morgan fingerprint density at radius 3 is 0.580 bits per heavy atom. The Bertz CT molecular complexity index is 1040. The van der Waals surface area contributed by atoms with Crippen molar-refractivity contribution in [2.24, 2.45) is 16.2 Å². The van der Waals surface area contributed by atoms with Gasteiger partial charge in [0.1, 0.15) is 0 Å².